The highest BCUT2D eigenvalue weighted by Crippen LogP contribution is 2.27. The van der Waals surface area contributed by atoms with Gasteiger partial charge in [-0.3, -0.25) is 11.3 Å². The summed E-state index contributed by atoms with van der Waals surface area (Å²) in [5.41, 5.74) is 8.42. The first-order chi connectivity index (χ1) is 9.92. The largest absolute Gasteiger partial charge is 0.271 e. The topological polar surface area (TPSA) is 38.0 Å². The van der Waals surface area contributed by atoms with Gasteiger partial charge in [0.05, 0.1) is 6.04 Å². The SMILES string of the molecule is Cc1cc(F)ccc1CC(NN)c1cc(C)c(Br)c(C)c1. The van der Waals surface area contributed by atoms with E-state index in [1.54, 1.807) is 6.07 Å². The van der Waals surface area contributed by atoms with Crippen LogP contribution in [0, 0.1) is 26.6 Å². The molecule has 4 heteroatoms. The molecule has 2 aromatic rings. The van der Waals surface area contributed by atoms with Crippen molar-refractivity contribution in [1.29, 1.82) is 0 Å². The van der Waals surface area contributed by atoms with E-state index in [-0.39, 0.29) is 11.9 Å². The van der Waals surface area contributed by atoms with Crippen LogP contribution in [-0.2, 0) is 6.42 Å². The molecule has 0 aromatic heterocycles. The molecular weight excluding hydrogens is 331 g/mol. The van der Waals surface area contributed by atoms with Crippen molar-refractivity contribution in [2.75, 3.05) is 0 Å². The normalized spacial score (nSPS) is 12.5. The standard InChI is InChI=1S/C17H20BrFN2/c1-10-8-15(19)5-4-13(10)9-16(21-20)14-6-11(2)17(18)12(3)7-14/h4-8,16,21H,9,20H2,1-3H3. The minimum Gasteiger partial charge on any atom is -0.271 e. The van der Waals surface area contributed by atoms with Gasteiger partial charge < -0.3 is 0 Å². The van der Waals surface area contributed by atoms with Crippen LogP contribution in [0.25, 0.3) is 0 Å². The molecule has 0 aliphatic heterocycles. The quantitative estimate of drug-likeness (QED) is 0.638. The average Bonchev–Trinajstić information content (AvgIpc) is 2.43. The maximum atomic E-state index is 13.2. The molecule has 1 unspecified atom stereocenters. The fourth-order valence-corrected chi connectivity index (χ4v) is 2.79. The Bertz CT molecular complexity index is 632. The smallest absolute Gasteiger partial charge is 0.123 e. The Morgan fingerprint density at radius 1 is 1.10 bits per heavy atom. The van der Waals surface area contributed by atoms with E-state index in [2.05, 4.69) is 47.3 Å². The van der Waals surface area contributed by atoms with E-state index in [9.17, 15) is 4.39 Å². The average molecular weight is 351 g/mol. The molecule has 0 radical (unpaired) electrons. The molecule has 0 spiro atoms. The summed E-state index contributed by atoms with van der Waals surface area (Å²) in [5, 5.41) is 0. The van der Waals surface area contributed by atoms with Gasteiger partial charge in [0.15, 0.2) is 0 Å². The molecule has 0 aliphatic rings. The number of nitrogens with one attached hydrogen (secondary N) is 1. The molecule has 0 bridgehead atoms. The number of halogens is 2. The van der Waals surface area contributed by atoms with Gasteiger partial charge in [-0.1, -0.05) is 34.1 Å². The lowest BCUT2D eigenvalue weighted by molar-refractivity contribution is 0.548. The predicted octanol–water partition coefficient (Wildman–Crippen LogP) is 4.26. The van der Waals surface area contributed by atoms with Crippen molar-refractivity contribution in [2.24, 2.45) is 5.84 Å². The van der Waals surface area contributed by atoms with Crippen molar-refractivity contribution in [3.63, 3.8) is 0 Å². The minimum atomic E-state index is -0.205. The molecule has 0 aliphatic carbocycles. The molecule has 3 N–H and O–H groups in total. The van der Waals surface area contributed by atoms with E-state index >= 15 is 0 Å². The van der Waals surface area contributed by atoms with Gasteiger partial charge in [-0.2, -0.15) is 0 Å². The van der Waals surface area contributed by atoms with Crippen molar-refractivity contribution < 1.29 is 4.39 Å². The summed E-state index contributed by atoms with van der Waals surface area (Å²) in [6.07, 6.45) is 0.725. The van der Waals surface area contributed by atoms with E-state index in [0.29, 0.717) is 0 Å². The number of aryl methyl sites for hydroxylation is 3. The second-order valence-electron chi connectivity index (χ2n) is 5.46. The maximum Gasteiger partial charge on any atom is 0.123 e. The maximum absolute atomic E-state index is 13.2. The van der Waals surface area contributed by atoms with E-state index < -0.39 is 0 Å². The fourth-order valence-electron chi connectivity index (χ4n) is 2.56. The molecule has 1 atom stereocenters. The number of benzene rings is 2. The summed E-state index contributed by atoms with van der Waals surface area (Å²) in [5.74, 6) is 5.53. The first-order valence-corrected chi connectivity index (χ1v) is 7.69. The highest BCUT2D eigenvalue weighted by molar-refractivity contribution is 9.10. The van der Waals surface area contributed by atoms with E-state index in [0.717, 1.165) is 27.6 Å². The van der Waals surface area contributed by atoms with Crippen LogP contribution in [0.5, 0.6) is 0 Å². The Hall–Kier alpha value is -1.23. The van der Waals surface area contributed by atoms with Crippen molar-refractivity contribution in [2.45, 2.75) is 33.2 Å². The van der Waals surface area contributed by atoms with Gasteiger partial charge in [-0.05, 0) is 67.1 Å². The van der Waals surface area contributed by atoms with Crippen molar-refractivity contribution >= 4 is 15.9 Å². The van der Waals surface area contributed by atoms with E-state index in [1.807, 2.05) is 13.0 Å². The third-order valence-corrected chi connectivity index (χ3v) is 5.04. The Balaban J connectivity index is 2.32. The van der Waals surface area contributed by atoms with Crippen molar-refractivity contribution in [1.82, 2.24) is 5.43 Å². The minimum absolute atomic E-state index is 0.000314. The summed E-state index contributed by atoms with van der Waals surface area (Å²) in [7, 11) is 0. The zero-order valence-electron chi connectivity index (χ0n) is 12.5. The summed E-state index contributed by atoms with van der Waals surface area (Å²) in [4.78, 5) is 0. The Kier molecular flexibility index (Phi) is 5.14. The van der Waals surface area contributed by atoms with E-state index in [4.69, 9.17) is 5.84 Å². The Labute approximate surface area is 133 Å². The van der Waals surface area contributed by atoms with Gasteiger partial charge in [-0.25, -0.2) is 4.39 Å². The van der Waals surface area contributed by atoms with Gasteiger partial charge >= 0.3 is 0 Å². The molecule has 0 saturated carbocycles. The van der Waals surface area contributed by atoms with E-state index in [1.165, 1.54) is 17.2 Å². The number of hydrazine groups is 1. The zero-order valence-corrected chi connectivity index (χ0v) is 14.1. The summed E-state index contributed by atoms with van der Waals surface area (Å²) < 4.78 is 14.3. The van der Waals surface area contributed by atoms with Crippen molar-refractivity contribution in [3.8, 4) is 0 Å². The molecule has 2 nitrogen and oxygen atoms in total. The lowest BCUT2D eigenvalue weighted by atomic mass is 9.94. The van der Waals surface area contributed by atoms with Crippen LogP contribution in [0.15, 0.2) is 34.8 Å². The van der Waals surface area contributed by atoms with Crippen LogP contribution < -0.4 is 11.3 Å². The highest BCUT2D eigenvalue weighted by atomic mass is 79.9. The molecule has 112 valence electrons. The van der Waals surface area contributed by atoms with Gasteiger partial charge in [-0.15, -0.1) is 0 Å². The van der Waals surface area contributed by atoms with Gasteiger partial charge in [0.2, 0.25) is 0 Å². The van der Waals surface area contributed by atoms with Crippen LogP contribution in [0.2, 0.25) is 0 Å². The molecule has 0 fully saturated rings. The first-order valence-electron chi connectivity index (χ1n) is 6.90. The van der Waals surface area contributed by atoms with Gasteiger partial charge in [0.25, 0.3) is 0 Å². The fraction of sp³-hybridized carbons (Fsp3) is 0.294. The van der Waals surface area contributed by atoms with Gasteiger partial charge in [0, 0.05) is 4.47 Å². The first kappa shape index (κ1) is 16.1. The molecule has 0 amide bonds. The number of hydrogen-bond donors (Lipinski definition) is 2. The van der Waals surface area contributed by atoms with Crippen LogP contribution in [0.1, 0.15) is 33.9 Å². The molecule has 2 rings (SSSR count). The van der Waals surface area contributed by atoms with Crippen LogP contribution >= 0.6 is 15.9 Å². The second kappa shape index (κ2) is 6.69. The molecule has 2 aromatic carbocycles. The van der Waals surface area contributed by atoms with Crippen LogP contribution in [0.3, 0.4) is 0 Å². The number of nitrogens with two attached hydrogens (primary N) is 1. The monoisotopic (exact) mass is 350 g/mol. The lowest BCUT2D eigenvalue weighted by Gasteiger charge is -2.19. The van der Waals surface area contributed by atoms with Crippen LogP contribution in [-0.4, -0.2) is 0 Å². The predicted molar refractivity (Wildman–Crippen MR) is 88.5 cm³/mol. The Morgan fingerprint density at radius 2 is 1.71 bits per heavy atom. The third kappa shape index (κ3) is 3.70. The lowest BCUT2D eigenvalue weighted by Crippen LogP contribution is -2.30. The summed E-state index contributed by atoms with van der Waals surface area (Å²) in [6, 6.07) is 9.13. The molecular formula is C17H20BrFN2. The van der Waals surface area contributed by atoms with Crippen molar-refractivity contribution in [3.05, 3.63) is 68.4 Å². The molecule has 0 heterocycles. The molecule has 21 heavy (non-hydrogen) atoms. The van der Waals surface area contributed by atoms with Gasteiger partial charge in [0.1, 0.15) is 5.82 Å². The number of hydrogen-bond acceptors (Lipinski definition) is 2. The summed E-state index contributed by atoms with van der Waals surface area (Å²) >= 11 is 3.58. The third-order valence-electron chi connectivity index (χ3n) is 3.79. The zero-order chi connectivity index (χ0) is 15.6. The summed E-state index contributed by atoms with van der Waals surface area (Å²) in [6.45, 7) is 6.05. The second-order valence-corrected chi connectivity index (χ2v) is 6.26. The highest BCUT2D eigenvalue weighted by Gasteiger charge is 2.14. The molecule has 0 saturated heterocycles. The number of rotatable bonds is 4. The van der Waals surface area contributed by atoms with Crippen LogP contribution in [0.4, 0.5) is 4.39 Å². The Morgan fingerprint density at radius 3 is 2.24 bits per heavy atom.